The van der Waals surface area contributed by atoms with Crippen LogP contribution in [0.1, 0.15) is 45.6 Å². The fraction of sp³-hybridized carbons (Fsp3) is 0.458. The number of esters is 2. The third-order valence-corrected chi connectivity index (χ3v) is 5.77. The molecule has 7 nitrogen and oxygen atoms in total. The van der Waals surface area contributed by atoms with Crippen LogP contribution in [0, 0.1) is 11.8 Å². The van der Waals surface area contributed by atoms with E-state index in [1.54, 1.807) is 40.0 Å². The van der Waals surface area contributed by atoms with Crippen molar-refractivity contribution in [3.05, 3.63) is 52.4 Å². The van der Waals surface area contributed by atoms with Crippen molar-refractivity contribution in [3.63, 3.8) is 0 Å². The molecule has 0 aromatic heterocycles. The van der Waals surface area contributed by atoms with E-state index < -0.39 is 23.8 Å². The number of carbonyl (C=O) groups is 3. The molecule has 1 aliphatic heterocycles. The zero-order valence-corrected chi connectivity index (χ0v) is 18.6. The van der Waals surface area contributed by atoms with Gasteiger partial charge >= 0.3 is 11.9 Å². The molecular formula is C24H29NO6. The SMILES string of the molecule is CCOC(=O)C1=C(C)NC2=C(C(=O)[C@H](C(=O)OCC)[C@@H](C)C2)[C@H]1c1ccc(OC)cc1. The number of hydrogen-bond acceptors (Lipinski definition) is 7. The van der Waals surface area contributed by atoms with Crippen LogP contribution in [0.15, 0.2) is 46.8 Å². The molecule has 1 heterocycles. The van der Waals surface area contributed by atoms with Crippen LogP contribution in [0.4, 0.5) is 0 Å². The summed E-state index contributed by atoms with van der Waals surface area (Å²) in [7, 11) is 1.57. The van der Waals surface area contributed by atoms with Gasteiger partial charge in [0.2, 0.25) is 0 Å². The number of dihydropyridines is 1. The van der Waals surface area contributed by atoms with Gasteiger partial charge in [0.25, 0.3) is 0 Å². The third-order valence-electron chi connectivity index (χ3n) is 5.77. The molecule has 7 heteroatoms. The number of benzene rings is 1. The van der Waals surface area contributed by atoms with Crippen molar-refractivity contribution in [2.45, 2.75) is 40.0 Å². The quantitative estimate of drug-likeness (QED) is 0.550. The molecular weight excluding hydrogens is 398 g/mol. The molecule has 3 rings (SSSR count). The Labute approximate surface area is 182 Å². The van der Waals surface area contributed by atoms with E-state index in [9.17, 15) is 14.4 Å². The summed E-state index contributed by atoms with van der Waals surface area (Å²) >= 11 is 0. The van der Waals surface area contributed by atoms with Gasteiger partial charge in [0.15, 0.2) is 5.78 Å². The van der Waals surface area contributed by atoms with Gasteiger partial charge in [-0.3, -0.25) is 9.59 Å². The van der Waals surface area contributed by atoms with Crippen LogP contribution in [0.5, 0.6) is 5.75 Å². The van der Waals surface area contributed by atoms with Crippen LogP contribution >= 0.6 is 0 Å². The summed E-state index contributed by atoms with van der Waals surface area (Å²) in [5.41, 5.74) is 2.94. The lowest BCUT2D eigenvalue weighted by atomic mass is 9.69. The summed E-state index contributed by atoms with van der Waals surface area (Å²) < 4.78 is 15.7. The van der Waals surface area contributed by atoms with E-state index >= 15 is 0 Å². The first-order valence-corrected chi connectivity index (χ1v) is 10.6. The molecule has 0 fully saturated rings. The molecule has 31 heavy (non-hydrogen) atoms. The second-order valence-corrected chi connectivity index (χ2v) is 7.76. The molecule has 0 amide bonds. The Morgan fingerprint density at radius 2 is 1.74 bits per heavy atom. The van der Waals surface area contributed by atoms with Gasteiger partial charge in [0.05, 0.1) is 25.9 Å². The first-order chi connectivity index (χ1) is 14.8. The second kappa shape index (κ2) is 9.37. The Morgan fingerprint density at radius 1 is 1.10 bits per heavy atom. The van der Waals surface area contributed by atoms with Crippen molar-refractivity contribution in [1.82, 2.24) is 5.32 Å². The van der Waals surface area contributed by atoms with Crippen LogP contribution < -0.4 is 10.1 Å². The molecule has 2 aliphatic rings. The monoisotopic (exact) mass is 427 g/mol. The number of rotatable bonds is 6. The fourth-order valence-corrected chi connectivity index (χ4v) is 4.39. The number of nitrogens with one attached hydrogen (secondary N) is 1. The minimum Gasteiger partial charge on any atom is -0.497 e. The highest BCUT2D eigenvalue weighted by Crippen LogP contribution is 2.45. The summed E-state index contributed by atoms with van der Waals surface area (Å²) in [6, 6.07) is 7.23. The average Bonchev–Trinajstić information content (AvgIpc) is 2.73. The summed E-state index contributed by atoms with van der Waals surface area (Å²) in [5, 5.41) is 3.24. The van der Waals surface area contributed by atoms with Crippen LogP contribution in [-0.2, 0) is 23.9 Å². The third kappa shape index (κ3) is 4.22. The van der Waals surface area contributed by atoms with Crippen molar-refractivity contribution in [2.24, 2.45) is 11.8 Å². The molecule has 1 aromatic carbocycles. The Kier molecular flexibility index (Phi) is 6.83. The number of ether oxygens (including phenoxy) is 3. The topological polar surface area (TPSA) is 90.9 Å². The molecule has 0 saturated carbocycles. The molecule has 0 unspecified atom stereocenters. The lowest BCUT2D eigenvalue weighted by Crippen LogP contribution is -2.43. The molecule has 0 spiro atoms. The number of hydrogen-bond donors (Lipinski definition) is 1. The number of Topliss-reactive ketones (excluding diaryl/α,β-unsaturated/α-hetero) is 1. The minimum atomic E-state index is -0.900. The van der Waals surface area contributed by atoms with Crippen LogP contribution in [0.3, 0.4) is 0 Å². The Morgan fingerprint density at radius 3 is 2.32 bits per heavy atom. The van der Waals surface area contributed by atoms with Gasteiger partial charge < -0.3 is 19.5 Å². The first-order valence-electron chi connectivity index (χ1n) is 10.6. The number of allylic oxidation sites excluding steroid dienone is 3. The van der Waals surface area contributed by atoms with Gasteiger partial charge in [-0.05, 0) is 50.8 Å². The second-order valence-electron chi connectivity index (χ2n) is 7.76. The predicted octanol–water partition coefficient (Wildman–Crippen LogP) is 3.26. The van der Waals surface area contributed by atoms with Crippen molar-refractivity contribution >= 4 is 17.7 Å². The molecule has 1 aliphatic carbocycles. The number of ketones is 1. The lowest BCUT2D eigenvalue weighted by Gasteiger charge is -2.38. The van der Waals surface area contributed by atoms with Crippen molar-refractivity contribution in [1.29, 1.82) is 0 Å². The predicted molar refractivity (Wildman–Crippen MR) is 114 cm³/mol. The van der Waals surface area contributed by atoms with E-state index in [0.29, 0.717) is 29.0 Å². The van der Waals surface area contributed by atoms with Crippen molar-refractivity contribution in [2.75, 3.05) is 20.3 Å². The maximum atomic E-state index is 13.6. The average molecular weight is 427 g/mol. The summed E-state index contributed by atoms with van der Waals surface area (Å²) in [5.74, 6) is -2.41. The first kappa shape index (κ1) is 22.6. The fourth-order valence-electron chi connectivity index (χ4n) is 4.39. The Bertz CT molecular complexity index is 943. The van der Waals surface area contributed by atoms with E-state index in [-0.39, 0.29) is 24.9 Å². The molecule has 1 aromatic rings. The molecule has 0 bridgehead atoms. The highest BCUT2D eigenvalue weighted by molar-refractivity contribution is 6.12. The number of carbonyl (C=O) groups excluding carboxylic acids is 3. The standard InChI is InChI=1S/C24H29NO6/c1-6-30-23(27)18-13(3)12-17-21(22(18)26)20(15-8-10-16(29-5)11-9-15)19(14(4)25-17)24(28)31-7-2/h8-11,13,18,20,25H,6-7,12H2,1-5H3/t13-,18+,20-/m0/s1. The maximum absolute atomic E-state index is 13.6. The maximum Gasteiger partial charge on any atom is 0.336 e. The van der Waals surface area contributed by atoms with Gasteiger partial charge in [-0.15, -0.1) is 0 Å². The van der Waals surface area contributed by atoms with E-state index in [0.717, 1.165) is 11.3 Å². The highest BCUT2D eigenvalue weighted by Gasteiger charge is 2.47. The highest BCUT2D eigenvalue weighted by atomic mass is 16.5. The van der Waals surface area contributed by atoms with Gasteiger partial charge in [-0.2, -0.15) is 0 Å². The zero-order valence-electron chi connectivity index (χ0n) is 18.6. The van der Waals surface area contributed by atoms with Crippen molar-refractivity contribution < 1.29 is 28.6 Å². The van der Waals surface area contributed by atoms with Crippen molar-refractivity contribution in [3.8, 4) is 5.75 Å². The van der Waals surface area contributed by atoms with Crippen LogP contribution in [-0.4, -0.2) is 38.0 Å². The smallest absolute Gasteiger partial charge is 0.336 e. The normalized spacial score (nSPS) is 23.1. The Hall–Kier alpha value is -3.09. The van der Waals surface area contributed by atoms with E-state index in [4.69, 9.17) is 14.2 Å². The molecule has 0 saturated heterocycles. The zero-order chi connectivity index (χ0) is 22.7. The van der Waals surface area contributed by atoms with E-state index in [1.807, 2.05) is 19.1 Å². The summed E-state index contributed by atoms with van der Waals surface area (Å²) in [6.45, 7) is 7.54. The van der Waals surface area contributed by atoms with Gasteiger partial charge in [-0.25, -0.2) is 4.79 Å². The molecule has 166 valence electrons. The summed E-state index contributed by atoms with van der Waals surface area (Å²) in [6.07, 6.45) is 0.505. The Balaban J connectivity index is 2.14. The van der Waals surface area contributed by atoms with E-state index in [1.165, 1.54) is 0 Å². The van der Waals surface area contributed by atoms with E-state index in [2.05, 4.69) is 5.32 Å². The van der Waals surface area contributed by atoms with Gasteiger partial charge in [0.1, 0.15) is 11.7 Å². The van der Waals surface area contributed by atoms with Crippen LogP contribution in [0.2, 0.25) is 0 Å². The molecule has 1 N–H and O–H groups in total. The minimum absolute atomic E-state index is 0.203. The van der Waals surface area contributed by atoms with Crippen LogP contribution in [0.25, 0.3) is 0 Å². The molecule has 3 atom stereocenters. The summed E-state index contributed by atoms with van der Waals surface area (Å²) in [4.78, 5) is 39.1. The lowest BCUT2D eigenvalue weighted by molar-refractivity contribution is -0.153. The molecule has 0 radical (unpaired) electrons. The number of methoxy groups -OCH3 is 1. The van der Waals surface area contributed by atoms with Gasteiger partial charge in [-0.1, -0.05) is 19.1 Å². The largest absolute Gasteiger partial charge is 0.497 e. The van der Waals surface area contributed by atoms with Gasteiger partial charge in [0, 0.05) is 22.9 Å².